The van der Waals surface area contributed by atoms with Gasteiger partial charge in [0.05, 0.1) is 15.4 Å². The van der Waals surface area contributed by atoms with Crippen LogP contribution in [0.5, 0.6) is 0 Å². The van der Waals surface area contributed by atoms with Crippen LogP contribution in [0, 0.1) is 10.1 Å². The maximum atomic E-state index is 12.2. The molecule has 1 aromatic rings. The van der Waals surface area contributed by atoms with Crippen LogP contribution in [0.15, 0.2) is 22.7 Å². The molecule has 0 aromatic heterocycles. The average molecular weight is 295 g/mol. The molecule has 1 rings (SSSR count). The van der Waals surface area contributed by atoms with Crippen LogP contribution in [0.4, 0.5) is 20.2 Å². The average Bonchev–Trinajstić information content (AvgIpc) is 2.20. The van der Waals surface area contributed by atoms with E-state index in [1.165, 1.54) is 25.1 Å². The van der Waals surface area contributed by atoms with Gasteiger partial charge in [-0.05, 0) is 35.0 Å². The monoisotopic (exact) mass is 294 g/mol. The Hall–Kier alpha value is -1.24. The molecule has 1 N–H and O–H groups in total. The third-order valence-corrected chi connectivity index (χ3v) is 2.59. The molecule has 0 aliphatic heterocycles. The summed E-state index contributed by atoms with van der Waals surface area (Å²) < 4.78 is 24.8. The molecule has 0 saturated carbocycles. The van der Waals surface area contributed by atoms with E-state index in [2.05, 4.69) is 21.2 Å². The second kappa shape index (κ2) is 5.20. The largest absolute Gasteiger partial charge is 0.377 e. The van der Waals surface area contributed by atoms with Gasteiger partial charge < -0.3 is 5.32 Å². The lowest BCUT2D eigenvalue weighted by Gasteiger charge is -2.13. The quantitative estimate of drug-likeness (QED) is 0.684. The fourth-order valence-electron chi connectivity index (χ4n) is 1.07. The number of halogens is 3. The Morgan fingerprint density at radius 2 is 2.12 bits per heavy atom. The van der Waals surface area contributed by atoms with Crippen molar-refractivity contribution >= 4 is 27.3 Å². The molecule has 1 atom stereocenters. The van der Waals surface area contributed by atoms with Crippen LogP contribution in [-0.2, 0) is 0 Å². The molecule has 0 bridgehead atoms. The number of benzene rings is 1. The molecule has 0 aliphatic carbocycles. The van der Waals surface area contributed by atoms with Crippen LogP contribution in [0.1, 0.15) is 6.92 Å². The van der Waals surface area contributed by atoms with E-state index in [9.17, 15) is 18.9 Å². The van der Waals surface area contributed by atoms with Crippen molar-refractivity contribution < 1.29 is 13.7 Å². The van der Waals surface area contributed by atoms with E-state index in [0.717, 1.165) is 0 Å². The maximum Gasteiger partial charge on any atom is 0.285 e. The Labute approximate surface area is 98.9 Å². The first kappa shape index (κ1) is 12.8. The van der Waals surface area contributed by atoms with E-state index < -0.39 is 17.4 Å². The van der Waals surface area contributed by atoms with Crippen LogP contribution in [0.2, 0.25) is 0 Å². The molecule has 0 amide bonds. The van der Waals surface area contributed by atoms with Gasteiger partial charge in [-0.3, -0.25) is 10.1 Å². The summed E-state index contributed by atoms with van der Waals surface area (Å²) >= 11 is 3.01. The second-order valence-corrected chi connectivity index (χ2v) is 4.05. The highest BCUT2D eigenvalue weighted by molar-refractivity contribution is 9.10. The van der Waals surface area contributed by atoms with Crippen LogP contribution in [0.25, 0.3) is 0 Å². The van der Waals surface area contributed by atoms with Gasteiger partial charge >= 0.3 is 0 Å². The van der Waals surface area contributed by atoms with E-state index >= 15 is 0 Å². The topological polar surface area (TPSA) is 55.2 Å². The molecule has 88 valence electrons. The Balaban J connectivity index is 2.91. The Bertz CT molecular complexity index is 401. The summed E-state index contributed by atoms with van der Waals surface area (Å²) in [6.45, 7) is 1.30. The number of alkyl halides is 2. The van der Waals surface area contributed by atoms with Gasteiger partial charge in [0.1, 0.15) is 0 Å². The molecule has 0 spiro atoms. The first-order valence-corrected chi connectivity index (χ1v) is 5.19. The number of nitro benzene ring substituents is 1. The molecule has 0 saturated heterocycles. The maximum absolute atomic E-state index is 12.2. The summed E-state index contributed by atoms with van der Waals surface area (Å²) in [4.78, 5) is 10.0. The molecule has 0 heterocycles. The van der Waals surface area contributed by atoms with Crippen LogP contribution in [0.3, 0.4) is 0 Å². The lowest BCUT2D eigenvalue weighted by molar-refractivity contribution is -0.385. The number of nitro groups is 1. The second-order valence-electron chi connectivity index (χ2n) is 3.19. The lowest BCUT2D eigenvalue weighted by atomic mass is 10.2. The van der Waals surface area contributed by atoms with Gasteiger partial charge in [0.15, 0.2) is 0 Å². The highest BCUT2D eigenvalue weighted by Gasteiger charge is 2.17. The van der Waals surface area contributed by atoms with Gasteiger partial charge in [-0.1, -0.05) is 0 Å². The number of anilines is 1. The predicted molar refractivity (Wildman–Crippen MR) is 59.9 cm³/mol. The smallest absolute Gasteiger partial charge is 0.285 e. The van der Waals surface area contributed by atoms with Crippen molar-refractivity contribution in [1.82, 2.24) is 0 Å². The standard InChI is InChI=1S/C9H9BrF2N2O2/c1-5(9(11)12)13-6-2-3-7(10)8(4-6)14(15)16/h2-5,9,13H,1H3. The predicted octanol–water partition coefficient (Wildman–Crippen LogP) is 3.42. The normalized spacial score (nSPS) is 12.6. The van der Waals surface area contributed by atoms with Crippen molar-refractivity contribution in [2.75, 3.05) is 5.32 Å². The Morgan fingerprint density at radius 1 is 1.50 bits per heavy atom. The molecule has 7 heteroatoms. The van der Waals surface area contributed by atoms with Crippen molar-refractivity contribution in [2.24, 2.45) is 0 Å². The van der Waals surface area contributed by atoms with E-state index in [1.54, 1.807) is 0 Å². The Kier molecular flexibility index (Phi) is 4.17. The fourth-order valence-corrected chi connectivity index (χ4v) is 1.46. The minimum Gasteiger partial charge on any atom is -0.377 e. The summed E-state index contributed by atoms with van der Waals surface area (Å²) in [6, 6.07) is 3.10. The Morgan fingerprint density at radius 3 is 2.62 bits per heavy atom. The zero-order chi connectivity index (χ0) is 12.3. The zero-order valence-electron chi connectivity index (χ0n) is 8.28. The summed E-state index contributed by atoms with van der Waals surface area (Å²) in [6.07, 6.45) is -2.53. The molecule has 1 unspecified atom stereocenters. The van der Waals surface area contributed by atoms with Crippen molar-refractivity contribution in [3.63, 3.8) is 0 Å². The van der Waals surface area contributed by atoms with Gasteiger partial charge in [0, 0.05) is 11.8 Å². The van der Waals surface area contributed by atoms with Crippen molar-refractivity contribution in [3.05, 3.63) is 32.8 Å². The number of hydrogen-bond donors (Lipinski definition) is 1. The molecule has 1 aromatic carbocycles. The lowest BCUT2D eigenvalue weighted by Crippen LogP contribution is -2.23. The first-order valence-electron chi connectivity index (χ1n) is 4.40. The molecular weight excluding hydrogens is 286 g/mol. The van der Waals surface area contributed by atoms with Crippen LogP contribution in [-0.4, -0.2) is 17.4 Å². The molecule has 0 aliphatic rings. The van der Waals surface area contributed by atoms with Gasteiger partial charge in [-0.25, -0.2) is 8.78 Å². The van der Waals surface area contributed by atoms with E-state index in [-0.39, 0.29) is 5.69 Å². The molecular formula is C9H9BrF2N2O2. The number of nitrogens with zero attached hydrogens (tertiary/aromatic N) is 1. The van der Waals surface area contributed by atoms with Crippen LogP contribution < -0.4 is 5.32 Å². The van der Waals surface area contributed by atoms with Crippen molar-refractivity contribution in [3.8, 4) is 0 Å². The highest BCUT2D eigenvalue weighted by Crippen LogP contribution is 2.28. The third-order valence-electron chi connectivity index (χ3n) is 1.92. The van der Waals surface area contributed by atoms with Crippen molar-refractivity contribution in [2.45, 2.75) is 19.4 Å². The van der Waals surface area contributed by atoms with Gasteiger partial charge in [-0.2, -0.15) is 0 Å². The van der Waals surface area contributed by atoms with E-state index in [4.69, 9.17) is 0 Å². The summed E-state index contributed by atoms with van der Waals surface area (Å²) in [5, 5.41) is 13.1. The van der Waals surface area contributed by atoms with Gasteiger partial charge in [0.25, 0.3) is 12.1 Å². The fraction of sp³-hybridized carbons (Fsp3) is 0.333. The molecule has 0 fully saturated rings. The van der Waals surface area contributed by atoms with Crippen molar-refractivity contribution in [1.29, 1.82) is 0 Å². The molecule has 16 heavy (non-hydrogen) atoms. The summed E-state index contributed by atoms with van der Waals surface area (Å²) in [7, 11) is 0. The van der Waals surface area contributed by atoms with Gasteiger partial charge in [0.2, 0.25) is 0 Å². The summed E-state index contributed by atoms with van der Waals surface area (Å²) in [5.41, 5.74) is 0.133. The third kappa shape index (κ3) is 3.13. The summed E-state index contributed by atoms with van der Waals surface area (Å²) in [5.74, 6) is 0. The zero-order valence-corrected chi connectivity index (χ0v) is 9.87. The minimum absolute atomic E-state index is 0.161. The first-order chi connectivity index (χ1) is 7.41. The highest BCUT2D eigenvalue weighted by atomic mass is 79.9. The van der Waals surface area contributed by atoms with E-state index in [0.29, 0.717) is 10.2 Å². The van der Waals surface area contributed by atoms with Crippen LogP contribution >= 0.6 is 15.9 Å². The molecule has 4 nitrogen and oxygen atoms in total. The number of rotatable bonds is 4. The number of hydrogen-bond acceptors (Lipinski definition) is 3. The minimum atomic E-state index is -2.53. The molecule has 0 radical (unpaired) electrons. The van der Waals surface area contributed by atoms with E-state index in [1.807, 2.05) is 0 Å². The number of nitrogens with one attached hydrogen (secondary N) is 1. The van der Waals surface area contributed by atoms with Gasteiger partial charge in [-0.15, -0.1) is 0 Å². The SMILES string of the molecule is CC(Nc1ccc(Br)c([N+](=O)[O-])c1)C(F)F.